The second-order valence-corrected chi connectivity index (χ2v) is 7.67. The van der Waals surface area contributed by atoms with Crippen molar-refractivity contribution in [3.63, 3.8) is 0 Å². The van der Waals surface area contributed by atoms with Crippen molar-refractivity contribution in [2.75, 3.05) is 47.6 Å². The molecule has 164 valence electrons. The van der Waals surface area contributed by atoms with Crippen molar-refractivity contribution in [2.24, 2.45) is 4.99 Å². The van der Waals surface area contributed by atoms with Crippen molar-refractivity contribution in [3.05, 3.63) is 23.8 Å². The molecule has 0 amide bonds. The number of rotatable bonds is 11. The smallest absolute Gasteiger partial charge is 0.191 e. The summed E-state index contributed by atoms with van der Waals surface area (Å²) >= 11 is 0. The fourth-order valence-electron chi connectivity index (χ4n) is 4.12. The summed E-state index contributed by atoms with van der Waals surface area (Å²) in [6.45, 7) is 5.40. The third-order valence-electron chi connectivity index (χ3n) is 5.84. The van der Waals surface area contributed by atoms with E-state index in [2.05, 4.69) is 27.8 Å². The van der Waals surface area contributed by atoms with Gasteiger partial charge in [-0.2, -0.15) is 0 Å². The number of nitrogens with zero attached hydrogens (tertiary/aromatic N) is 1. The van der Waals surface area contributed by atoms with Crippen molar-refractivity contribution in [2.45, 2.75) is 57.3 Å². The highest BCUT2D eigenvalue weighted by Crippen LogP contribution is 2.42. The van der Waals surface area contributed by atoms with Gasteiger partial charge in [0.15, 0.2) is 17.5 Å². The van der Waals surface area contributed by atoms with Crippen molar-refractivity contribution in [1.82, 2.24) is 10.6 Å². The van der Waals surface area contributed by atoms with Crippen molar-refractivity contribution < 1.29 is 14.2 Å². The number of hydrogen-bond acceptors (Lipinski definition) is 4. The highest BCUT2D eigenvalue weighted by Gasteiger charge is 2.34. The lowest BCUT2D eigenvalue weighted by Gasteiger charge is -2.38. The van der Waals surface area contributed by atoms with Crippen LogP contribution in [0.4, 0.5) is 0 Å². The predicted octanol–water partition coefficient (Wildman–Crippen LogP) is 3.89. The van der Waals surface area contributed by atoms with Crippen LogP contribution in [0.25, 0.3) is 0 Å². The van der Waals surface area contributed by atoms with Crippen LogP contribution >= 0.6 is 0 Å². The molecule has 0 heterocycles. The van der Waals surface area contributed by atoms with Crippen LogP contribution < -0.4 is 20.1 Å². The highest BCUT2D eigenvalue weighted by atomic mass is 16.5. The van der Waals surface area contributed by atoms with Gasteiger partial charge >= 0.3 is 0 Å². The molecule has 0 aliphatic heterocycles. The maximum atomic E-state index is 5.56. The summed E-state index contributed by atoms with van der Waals surface area (Å²) in [7, 11) is 5.21. The maximum Gasteiger partial charge on any atom is 0.191 e. The maximum absolute atomic E-state index is 5.56. The van der Waals surface area contributed by atoms with E-state index in [1.54, 1.807) is 14.2 Å². The van der Waals surface area contributed by atoms with E-state index < -0.39 is 0 Å². The van der Waals surface area contributed by atoms with E-state index in [4.69, 9.17) is 14.2 Å². The normalized spacial score (nSPS) is 16.3. The third-order valence-corrected chi connectivity index (χ3v) is 5.84. The summed E-state index contributed by atoms with van der Waals surface area (Å²) in [6, 6.07) is 6.37. The molecule has 1 aliphatic rings. The van der Waals surface area contributed by atoms with Crippen LogP contribution in [0.2, 0.25) is 0 Å². The predicted molar refractivity (Wildman–Crippen MR) is 119 cm³/mol. The zero-order chi connectivity index (χ0) is 21.0. The quantitative estimate of drug-likeness (QED) is 0.332. The molecule has 29 heavy (non-hydrogen) atoms. The Balaban J connectivity index is 2.01. The summed E-state index contributed by atoms with van der Waals surface area (Å²) < 4.78 is 16.4. The van der Waals surface area contributed by atoms with Crippen LogP contribution in [-0.2, 0) is 10.2 Å². The molecule has 2 N–H and O–H groups in total. The van der Waals surface area contributed by atoms with Crippen molar-refractivity contribution >= 4 is 5.96 Å². The van der Waals surface area contributed by atoms with E-state index in [-0.39, 0.29) is 5.41 Å². The Morgan fingerprint density at radius 1 is 1.03 bits per heavy atom. The van der Waals surface area contributed by atoms with E-state index in [0.717, 1.165) is 56.6 Å². The first-order chi connectivity index (χ1) is 14.2. The molecule has 1 fully saturated rings. The largest absolute Gasteiger partial charge is 0.493 e. The molecule has 0 aromatic heterocycles. The molecule has 0 bridgehead atoms. The van der Waals surface area contributed by atoms with Crippen molar-refractivity contribution in [3.8, 4) is 11.5 Å². The number of hydrogen-bond donors (Lipinski definition) is 2. The average Bonchev–Trinajstić information content (AvgIpc) is 2.78. The van der Waals surface area contributed by atoms with Crippen LogP contribution in [-0.4, -0.2) is 53.5 Å². The van der Waals surface area contributed by atoms with E-state index >= 15 is 0 Å². The number of guanidine groups is 1. The summed E-state index contributed by atoms with van der Waals surface area (Å²) in [4.78, 5) is 4.41. The molecule has 1 saturated carbocycles. The zero-order valence-electron chi connectivity index (χ0n) is 18.7. The van der Waals surface area contributed by atoms with Gasteiger partial charge in [0.1, 0.15) is 0 Å². The van der Waals surface area contributed by atoms with E-state index in [1.807, 2.05) is 20.0 Å². The van der Waals surface area contributed by atoms with Crippen LogP contribution in [0, 0.1) is 0 Å². The van der Waals surface area contributed by atoms with Gasteiger partial charge in [-0.05, 0) is 50.3 Å². The number of nitrogens with one attached hydrogen (secondary N) is 2. The van der Waals surface area contributed by atoms with Crippen LogP contribution in [0.1, 0.15) is 57.4 Å². The molecule has 0 radical (unpaired) electrons. The Labute approximate surface area is 176 Å². The van der Waals surface area contributed by atoms with Gasteiger partial charge in [0.05, 0.1) is 14.2 Å². The van der Waals surface area contributed by atoms with Crippen LogP contribution in [0.5, 0.6) is 11.5 Å². The van der Waals surface area contributed by atoms with Crippen LogP contribution in [0.15, 0.2) is 23.2 Å². The minimum absolute atomic E-state index is 0.0877. The van der Waals surface area contributed by atoms with E-state index in [1.165, 1.54) is 37.7 Å². The SMILES string of the molecule is CCOCCCCNC(=NC)NCC1(c2ccc(OC)c(OC)c2)CCCCC1. The Hall–Kier alpha value is -1.95. The lowest BCUT2D eigenvalue weighted by Crippen LogP contribution is -2.46. The van der Waals surface area contributed by atoms with Gasteiger partial charge in [-0.1, -0.05) is 25.3 Å². The number of benzene rings is 1. The molecular formula is C23H39N3O3. The molecule has 6 nitrogen and oxygen atoms in total. The number of unbranched alkanes of at least 4 members (excludes halogenated alkanes) is 1. The number of ether oxygens (including phenoxy) is 3. The first-order valence-corrected chi connectivity index (χ1v) is 10.9. The van der Waals surface area contributed by atoms with Gasteiger partial charge in [0.2, 0.25) is 0 Å². The number of aliphatic imine (C=N–C) groups is 1. The molecule has 6 heteroatoms. The fraction of sp³-hybridized carbons (Fsp3) is 0.696. The summed E-state index contributed by atoms with van der Waals surface area (Å²) in [6.07, 6.45) is 8.28. The molecule has 0 spiro atoms. The molecule has 0 atom stereocenters. The van der Waals surface area contributed by atoms with Gasteiger partial charge in [0.25, 0.3) is 0 Å². The number of methoxy groups -OCH3 is 2. The Morgan fingerprint density at radius 3 is 2.45 bits per heavy atom. The second-order valence-electron chi connectivity index (χ2n) is 7.67. The zero-order valence-corrected chi connectivity index (χ0v) is 18.7. The van der Waals surface area contributed by atoms with E-state index in [0.29, 0.717) is 0 Å². The van der Waals surface area contributed by atoms with Gasteiger partial charge in [0, 0.05) is 38.8 Å². The van der Waals surface area contributed by atoms with Gasteiger partial charge in [-0.3, -0.25) is 4.99 Å². The molecular weight excluding hydrogens is 366 g/mol. The summed E-state index contributed by atoms with van der Waals surface area (Å²) in [5, 5.41) is 7.02. The second kappa shape index (κ2) is 12.6. The van der Waals surface area contributed by atoms with Gasteiger partial charge in [-0.25, -0.2) is 0 Å². The molecule has 1 aromatic carbocycles. The first-order valence-electron chi connectivity index (χ1n) is 10.9. The fourth-order valence-corrected chi connectivity index (χ4v) is 4.12. The van der Waals surface area contributed by atoms with Gasteiger partial charge in [-0.15, -0.1) is 0 Å². The average molecular weight is 406 g/mol. The standard InChI is InChI=1S/C23H39N3O3/c1-5-29-16-10-9-15-25-22(24-2)26-18-23(13-7-6-8-14-23)19-11-12-20(27-3)21(17-19)28-4/h11-12,17H,5-10,13-16,18H2,1-4H3,(H2,24,25,26). The van der Waals surface area contributed by atoms with Crippen LogP contribution in [0.3, 0.4) is 0 Å². The molecule has 2 rings (SSSR count). The third kappa shape index (κ3) is 6.81. The molecule has 1 aromatic rings. The van der Waals surface area contributed by atoms with Gasteiger partial charge < -0.3 is 24.8 Å². The summed E-state index contributed by atoms with van der Waals surface area (Å²) in [5.41, 5.74) is 1.40. The lowest BCUT2D eigenvalue weighted by atomic mass is 9.69. The topological polar surface area (TPSA) is 64.1 Å². The Morgan fingerprint density at radius 2 is 1.79 bits per heavy atom. The summed E-state index contributed by atoms with van der Waals surface area (Å²) in [5.74, 6) is 2.44. The monoisotopic (exact) mass is 405 g/mol. The minimum atomic E-state index is 0.0877. The van der Waals surface area contributed by atoms with Crippen molar-refractivity contribution in [1.29, 1.82) is 0 Å². The highest BCUT2D eigenvalue weighted by molar-refractivity contribution is 5.79. The lowest BCUT2D eigenvalue weighted by molar-refractivity contribution is 0.143. The molecule has 0 unspecified atom stereocenters. The minimum Gasteiger partial charge on any atom is -0.493 e. The molecule has 0 saturated heterocycles. The molecule has 1 aliphatic carbocycles. The van der Waals surface area contributed by atoms with E-state index in [9.17, 15) is 0 Å². The Bertz CT molecular complexity index is 628. The Kier molecular flexibility index (Phi) is 10.1. The first kappa shape index (κ1) is 23.3.